The van der Waals surface area contributed by atoms with Crippen molar-refractivity contribution >= 4 is 17.4 Å². The molecule has 0 bridgehead atoms. The Kier molecular flexibility index (Phi) is 4.94. The number of pyridine rings is 1. The molecule has 0 saturated carbocycles. The Bertz CT molecular complexity index is 875. The van der Waals surface area contributed by atoms with Crippen LogP contribution in [-0.2, 0) is 11.3 Å². The first-order valence-electron chi connectivity index (χ1n) is 8.80. The molecule has 4 rings (SSSR count). The Labute approximate surface area is 151 Å². The van der Waals surface area contributed by atoms with Crippen molar-refractivity contribution in [1.82, 2.24) is 19.4 Å². The van der Waals surface area contributed by atoms with E-state index in [9.17, 15) is 0 Å². The van der Waals surface area contributed by atoms with Gasteiger partial charge in [-0.25, -0.2) is 9.97 Å². The molecule has 1 unspecified atom stereocenters. The zero-order chi connectivity index (χ0) is 17.8. The van der Waals surface area contributed by atoms with E-state index in [4.69, 9.17) is 9.84 Å². The molecule has 3 aromatic rings. The minimum absolute atomic E-state index is 0.0324. The lowest BCUT2D eigenvalue weighted by Crippen LogP contribution is -2.13. The predicted molar refractivity (Wildman–Crippen MR) is 98.3 cm³/mol. The van der Waals surface area contributed by atoms with Crippen LogP contribution in [0.5, 0.6) is 0 Å². The van der Waals surface area contributed by atoms with E-state index in [1.807, 2.05) is 41.1 Å². The zero-order valence-electron chi connectivity index (χ0n) is 14.4. The van der Waals surface area contributed by atoms with E-state index in [2.05, 4.69) is 25.6 Å². The van der Waals surface area contributed by atoms with Crippen molar-refractivity contribution in [2.24, 2.45) is 0 Å². The molecular weight excluding hydrogens is 332 g/mol. The number of aliphatic hydroxyl groups excluding tert-OH is 1. The highest BCUT2D eigenvalue weighted by atomic mass is 16.5. The molecule has 8 heteroatoms. The van der Waals surface area contributed by atoms with Gasteiger partial charge in [-0.2, -0.15) is 4.98 Å². The Morgan fingerprint density at radius 1 is 1.27 bits per heavy atom. The Balaban J connectivity index is 1.55. The van der Waals surface area contributed by atoms with Crippen LogP contribution in [0.4, 0.5) is 11.8 Å². The number of anilines is 2. The summed E-state index contributed by atoms with van der Waals surface area (Å²) in [5.41, 5.74) is 2.93. The van der Waals surface area contributed by atoms with Crippen molar-refractivity contribution in [2.75, 3.05) is 37.0 Å². The molecule has 0 spiro atoms. The zero-order valence-corrected chi connectivity index (χ0v) is 14.4. The molecule has 0 radical (unpaired) electrons. The van der Waals surface area contributed by atoms with Crippen molar-refractivity contribution in [3.63, 3.8) is 0 Å². The van der Waals surface area contributed by atoms with E-state index in [0.29, 0.717) is 25.6 Å². The van der Waals surface area contributed by atoms with Crippen LogP contribution >= 0.6 is 0 Å². The van der Waals surface area contributed by atoms with Crippen molar-refractivity contribution in [3.05, 3.63) is 48.0 Å². The second-order valence-corrected chi connectivity index (χ2v) is 6.24. The quantitative estimate of drug-likeness (QED) is 0.593. The first-order valence-corrected chi connectivity index (χ1v) is 8.80. The third kappa shape index (κ3) is 3.61. The highest BCUT2D eigenvalue weighted by molar-refractivity contribution is 5.45. The average molecular weight is 354 g/mol. The van der Waals surface area contributed by atoms with Gasteiger partial charge < -0.3 is 24.9 Å². The molecule has 1 fully saturated rings. The van der Waals surface area contributed by atoms with Crippen LogP contribution in [0.1, 0.15) is 23.7 Å². The predicted octanol–water partition coefficient (Wildman–Crippen LogP) is 1.64. The maximum absolute atomic E-state index is 9.04. The van der Waals surface area contributed by atoms with E-state index in [1.165, 1.54) is 0 Å². The molecule has 26 heavy (non-hydrogen) atoms. The van der Waals surface area contributed by atoms with Crippen molar-refractivity contribution in [1.29, 1.82) is 0 Å². The number of aliphatic hydroxyl groups is 1. The maximum atomic E-state index is 9.04. The molecule has 136 valence electrons. The summed E-state index contributed by atoms with van der Waals surface area (Å²) in [5, 5.41) is 15.5. The summed E-state index contributed by atoms with van der Waals surface area (Å²) in [4.78, 5) is 13.5. The molecule has 1 atom stereocenters. The van der Waals surface area contributed by atoms with Gasteiger partial charge in [-0.05, 0) is 18.6 Å². The van der Waals surface area contributed by atoms with E-state index in [0.717, 1.165) is 35.9 Å². The monoisotopic (exact) mass is 354 g/mol. The van der Waals surface area contributed by atoms with Gasteiger partial charge >= 0.3 is 0 Å². The Morgan fingerprint density at radius 3 is 3.08 bits per heavy atom. The number of nitrogens with one attached hydrogen (secondary N) is 2. The number of hydrogen-bond donors (Lipinski definition) is 3. The minimum atomic E-state index is 0.0324. The number of nitrogens with zero attached hydrogens (tertiary/aromatic N) is 4. The van der Waals surface area contributed by atoms with Gasteiger partial charge in [-0.15, -0.1) is 0 Å². The van der Waals surface area contributed by atoms with Gasteiger partial charge in [0.05, 0.1) is 37.3 Å². The largest absolute Gasteiger partial charge is 0.395 e. The molecule has 0 aliphatic carbocycles. The van der Waals surface area contributed by atoms with Crippen LogP contribution in [0.25, 0.3) is 5.65 Å². The molecule has 0 aromatic carbocycles. The van der Waals surface area contributed by atoms with Crippen LogP contribution < -0.4 is 10.6 Å². The van der Waals surface area contributed by atoms with E-state index in [1.54, 1.807) is 0 Å². The number of ether oxygens (including phenoxy) is 1. The lowest BCUT2D eigenvalue weighted by Gasteiger charge is -2.13. The van der Waals surface area contributed by atoms with Gasteiger partial charge in [0.1, 0.15) is 11.5 Å². The number of aromatic nitrogens is 4. The second-order valence-electron chi connectivity index (χ2n) is 6.24. The molecule has 1 saturated heterocycles. The third-order valence-electron chi connectivity index (χ3n) is 4.43. The van der Waals surface area contributed by atoms with E-state index >= 15 is 0 Å². The molecule has 3 N–H and O–H groups in total. The number of fused-ring (bicyclic) bond motifs is 1. The van der Waals surface area contributed by atoms with Gasteiger partial charge in [0.2, 0.25) is 5.95 Å². The molecule has 3 aromatic heterocycles. The molecule has 1 aliphatic rings. The lowest BCUT2D eigenvalue weighted by molar-refractivity contribution is 0.193. The van der Waals surface area contributed by atoms with E-state index in [-0.39, 0.29) is 12.5 Å². The molecule has 8 nitrogen and oxygen atoms in total. The highest BCUT2D eigenvalue weighted by Crippen LogP contribution is 2.26. The minimum Gasteiger partial charge on any atom is -0.395 e. The smallest absolute Gasteiger partial charge is 0.224 e. The number of imidazole rings is 1. The summed E-state index contributed by atoms with van der Waals surface area (Å²) in [6.45, 7) is 2.49. The summed E-state index contributed by atoms with van der Waals surface area (Å²) in [6.07, 6.45) is 4.82. The standard InChI is InChI=1S/C18H22N6O2/c25-7-5-19-18-22-15(13-4-8-26-12-13)9-16(23-18)20-10-14-11-21-17-3-1-2-6-24(14)17/h1-3,6,9,11,13,25H,4-5,7-8,10,12H2,(H2,19,20,22,23). The van der Waals surface area contributed by atoms with Gasteiger partial charge in [0.15, 0.2) is 0 Å². The summed E-state index contributed by atoms with van der Waals surface area (Å²) >= 11 is 0. The summed E-state index contributed by atoms with van der Waals surface area (Å²) in [6, 6.07) is 7.91. The molecule has 0 amide bonds. The van der Waals surface area contributed by atoms with Crippen molar-refractivity contribution in [3.8, 4) is 0 Å². The maximum Gasteiger partial charge on any atom is 0.224 e. The van der Waals surface area contributed by atoms with Crippen LogP contribution in [0.15, 0.2) is 36.7 Å². The van der Waals surface area contributed by atoms with E-state index < -0.39 is 0 Å². The van der Waals surface area contributed by atoms with Crippen LogP contribution in [-0.4, -0.2) is 50.8 Å². The summed E-state index contributed by atoms with van der Waals surface area (Å²) in [7, 11) is 0. The van der Waals surface area contributed by atoms with Gasteiger partial charge in [-0.3, -0.25) is 0 Å². The Morgan fingerprint density at radius 2 is 2.23 bits per heavy atom. The Hall–Kier alpha value is -2.71. The highest BCUT2D eigenvalue weighted by Gasteiger charge is 2.20. The number of hydrogen-bond acceptors (Lipinski definition) is 7. The fourth-order valence-corrected chi connectivity index (χ4v) is 3.08. The normalized spacial score (nSPS) is 16.9. The SMILES string of the molecule is OCCNc1nc(NCc2cnc3ccccn23)cc(C2CCOC2)n1. The third-order valence-corrected chi connectivity index (χ3v) is 4.43. The second kappa shape index (κ2) is 7.67. The van der Waals surface area contributed by atoms with Crippen molar-refractivity contribution in [2.45, 2.75) is 18.9 Å². The first kappa shape index (κ1) is 16.7. The molecule has 4 heterocycles. The molecular formula is C18H22N6O2. The fourth-order valence-electron chi connectivity index (χ4n) is 3.08. The van der Waals surface area contributed by atoms with Crippen LogP contribution in [0.3, 0.4) is 0 Å². The number of rotatable bonds is 7. The summed E-state index contributed by atoms with van der Waals surface area (Å²) in [5.74, 6) is 1.54. The summed E-state index contributed by atoms with van der Waals surface area (Å²) < 4.78 is 7.53. The van der Waals surface area contributed by atoms with Crippen molar-refractivity contribution < 1.29 is 9.84 Å². The van der Waals surface area contributed by atoms with Crippen LogP contribution in [0.2, 0.25) is 0 Å². The topological polar surface area (TPSA) is 96.6 Å². The first-order chi connectivity index (χ1) is 12.8. The lowest BCUT2D eigenvalue weighted by atomic mass is 10.0. The fraction of sp³-hybridized carbons (Fsp3) is 0.389. The van der Waals surface area contributed by atoms with Gasteiger partial charge in [0.25, 0.3) is 0 Å². The molecule has 1 aliphatic heterocycles. The average Bonchev–Trinajstić information content (AvgIpc) is 3.35. The van der Waals surface area contributed by atoms with Crippen LogP contribution in [0, 0.1) is 0 Å². The van der Waals surface area contributed by atoms with Gasteiger partial charge in [-0.1, -0.05) is 6.07 Å². The van der Waals surface area contributed by atoms with Gasteiger partial charge in [0, 0.05) is 31.3 Å².